The SMILES string of the molecule is CCC(=O)O.[Na][c]1ccc2c(c1)c(C=Cc1ccccc1)cn2-c1ccc(Oc2ccccc2)cc1. The van der Waals surface area contributed by atoms with E-state index in [9.17, 15) is 4.79 Å². The van der Waals surface area contributed by atoms with Crippen LogP contribution in [-0.2, 0) is 4.79 Å². The number of rotatable bonds is 6. The van der Waals surface area contributed by atoms with Crippen LogP contribution < -0.4 is 7.55 Å². The van der Waals surface area contributed by atoms with E-state index in [0.717, 1.165) is 45.1 Å². The van der Waals surface area contributed by atoms with Crippen LogP contribution in [-0.4, -0.2) is 43.6 Å². The van der Waals surface area contributed by atoms with Gasteiger partial charge in [-0.3, -0.25) is 4.79 Å². The number of carbonyl (C=O) groups is 1. The number of ether oxygens (including phenoxy) is 1. The van der Waals surface area contributed by atoms with Crippen LogP contribution in [0.3, 0.4) is 0 Å². The van der Waals surface area contributed by atoms with E-state index in [0.29, 0.717) is 0 Å². The van der Waals surface area contributed by atoms with Gasteiger partial charge in [0.15, 0.2) is 0 Å². The second-order valence-corrected chi connectivity index (χ2v) is 9.53. The Kier molecular flexibility index (Phi) is 8.80. The molecule has 0 unspecified atom stereocenters. The molecule has 36 heavy (non-hydrogen) atoms. The third-order valence-electron chi connectivity index (χ3n) is 5.64. The number of aromatic nitrogens is 1. The van der Waals surface area contributed by atoms with Crippen LogP contribution in [0.1, 0.15) is 24.5 Å². The van der Waals surface area contributed by atoms with Crippen LogP contribution in [0.2, 0.25) is 0 Å². The van der Waals surface area contributed by atoms with Crippen molar-refractivity contribution >= 4 is 59.8 Å². The summed E-state index contributed by atoms with van der Waals surface area (Å²) in [5.74, 6) is 0.928. The number of carboxylic acid groups (broad SMARTS) is 1. The van der Waals surface area contributed by atoms with Gasteiger partial charge in [0.2, 0.25) is 0 Å². The zero-order chi connectivity index (χ0) is 25.3. The Morgan fingerprint density at radius 1 is 0.861 bits per heavy atom. The van der Waals surface area contributed by atoms with Crippen molar-refractivity contribution in [3.63, 3.8) is 0 Å². The topological polar surface area (TPSA) is 51.5 Å². The Labute approximate surface area is 228 Å². The maximum absolute atomic E-state index is 9.37. The minimum atomic E-state index is -0.745. The molecule has 174 valence electrons. The zero-order valence-corrected chi connectivity index (χ0v) is 22.5. The number of para-hydroxylation sites is 1. The molecule has 0 saturated carbocycles. The van der Waals surface area contributed by atoms with Gasteiger partial charge in [-0.05, 0) is 0 Å². The first-order valence-electron chi connectivity index (χ1n) is 11.9. The molecule has 0 amide bonds. The molecule has 5 heteroatoms. The average molecular weight is 484 g/mol. The minimum absolute atomic E-state index is 0.222. The normalized spacial score (nSPS) is 10.8. The summed E-state index contributed by atoms with van der Waals surface area (Å²) in [5, 5.41) is 9.00. The van der Waals surface area contributed by atoms with Gasteiger partial charge in [-0.2, -0.15) is 0 Å². The molecule has 1 aromatic heterocycles. The summed E-state index contributed by atoms with van der Waals surface area (Å²) in [7, 11) is 0. The van der Waals surface area contributed by atoms with E-state index in [1.165, 1.54) is 24.8 Å². The fourth-order valence-electron chi connectivity index (χ4n) is 3.77. The summed E-state index contributed by atoms with van der Waals surface area (Å²) in [5.41, 5.74) is 4.75. The summed E-state index contributed by atoms with van der Waals surface area (Å²) in [4.78, 5) is 9.37. The molecule has 0 fully saturated rings. The van der Waals surface area contributed by atoms with Crippen molar-refractivity contribution in [3.8, 4) is 17.2 Å². The molecule has 0 aliphatic heterocycles. The molecule has 0 spiro atoms. The van der Waals surface area contributed by atoms with Crippen LogP contribution in [0.15, 0.2) is 109 Å². The average Bonchev–Trinajstić information content (AvgIpc) is 3.27. The fourth-order valence-corrected chi connectivity index (χ4v) is 4.22. The third kappa shape index (κ3) is 6.76. The summed E-state index contributed by atoms with van der Waals surface area (Å²) < 4.78 is 9.60. The summed E-state index contributed by atoms with van der Waals surface area (Å²) in [6.07, 6.45) is 6.83. The van der Waals surface area contributed by atoms with Crippen molar-refractivity contribution in [1.29, 1.82) is 0 Å². The molecular formula is C31H26NNaO3. The monoisotopic (exact) mass is 483 g/mol. The Morgan fingerprint density at radius 2 is 1.47 bits per heavy atom. The van der Waals surface area contributed by atoms with Crippen LogP contribution in [0.5, 0.6) is 11.5 Å². The van der Waals surface area contributed by atoms with Gasteiger partial charge >= 0.3 is 189 Å². The predicted molar refractivity (Wildman–Crippen MR) is 148 cm³/mol. The van der Waals surface area contributed by atoms with Gasteiger partial charge < -0.3 is 5.11 Å². The van der Waals surface area contributed by atoms with Crippen molar-refractivity contribution in [2.24, 2.45) is 0 Å². The first-order chi connectivity index (χ1) is 17.5. The van der Waals surface area contributed by atoms with Crippen molar-refractivity contribution in [2.45, 2.75) is 13.3 Å². The molecule has 0 radical (unpaired) electrons. The standard InChI is InChI=1S/C28H20NO.C3H6O2.Na/c1-3-9-22(10-4-1)15-16-23-21-29(28-14-8-7-13-27(23)28)24-17-19-26(20-18-24)30-25-11-5-2-6-12-25;1-2-3(4)5;/h1-6,8-21H;2H2,1H3,(H,4,5);. The molecule has 0 atom stereocenters. The first-order valence-corrected chi connectivity index (χ1v) is 12.9. The fraction of sp³-hybridized carbons (Fsp3) is 0.0645. The van der Waals surface area contributed by atoms with Gasteiger partial charge in [0.05, 0.1) is 0 Å². The summed E-state index contributed by atoms with van der Waals surface area (Å²) in [6.45, 7) is 1.60. The second-order valence-electron chi connectivity index (χ2n) is 8.38. The van der Waals surface area contributed by atoms with Crippen LogP contribution >= 0.6 is 0 Å². The van der Waals surface area contributed by atoms with Gasteiger partial charge in [0, 0.05) is 6.42 Å². The number of aliphatic carboxylic acids is 1. The Bertz CT molecular complexity index is 1460. The van der Waals surface area contributed by atoms with E-state index >= 15 is 0 Å². The molecule has 0 aliphatic rings. The van der Waals surface area contributed by atoms with Gasteiger partial charge in [0.1, 0.15) is 0 Å². The van der Waals surface area contributed by atoms with Crippen LogP contribution in [0.4, 0.5) is 0 Å². The Morgan fingerprint density at radius 3 is 2.11 bits per heavy atom. The van der Waals surface area contributed by atoms with E-state index in [1.807, 2.05) is 48.5 Å². The number of carboxylic acids is 1. The molecule has 5 aromatic rings. The molecule has 0 bridgehead atoms. The maximum atomic E-state index is 9.37. The number of hydrogen-bond acceptors (Lipinski definition) is 2. The second kappa shape index (κ2) is 12.4. The number of benzene rings is 4. The number of hydrogen-bond donors (Lipinski definition) is 1. The molecule has 4 aromatic carbocycles. The molecular weight excluding hydrogens is 457 g/mol. The molecule has 4 nitrogen and oxygen atoms in total. The molecule has 0 saturated heterocycles. The number of nitrogens with zero attached hydrogens (tertiary/aromatic N) is 1. The van der Waals surface area contributed by atoms with Gasteiger partial charge in [-0.25, -0.2) is 0 Å². The summed E-state index contributed by atoms with van der Waals surface area (Å²) >= 11 is 1.04. The van der Waals surface area contributed by atoms with Gasteiger partial charge in [-0.1, -0.05) is 25.1 Å². The molecule has 1 N–H and O–H groups in total. The van der Waals surface area contributed by atoms with Crippen LogP contribution in [0.25, 0.3) is 28.7 Å². The van der Waals surface area contributed by atoms with Gasteiger partial charge in [0.25, 0.3) is 0 Å². The molecule has 0 aliphatic carbocycles. The predicted octanol–water partition coefficient (Wildman–Crippen LogP) is 6.87. The van der Waals surface area contributed by atoms with E-state index in [4.69, 9.17) is 9.84 Å². The quantitative estimate of drug-likeness (QED) is 0.268. The van der Waals surface area contributed by atoms with Crippen molar-refractivity contribution < 1.29 is 14.6 Å². The van der Waals surface area contributed by atoms with Gasteiger partial charge in [-0.15, -0.1) is 0 Å². The van der Waals surface area contributed by atoms with Crippen molar-refractivity contribution in [1.82, 2.24) is 4.57 Å². The Hall–Kier alpha value is -3.57. The van der Waals surface area contributed by atoms with Crippen molar-refractivity contribution in [2.75, 3.05) is 0 Å². The zero-order valence-electron chi connectivity index (χ0n) is 20.5. The van der Waals surface area contributed by atoms with E-state index in [-0.39, 0.29) is 6.42 Å². The van der Waals surface area contributed by atoms with E-state index in [2.05, 4.69) is 77.5 Å². The molecule has 5 rings (SSSR count). The van der Waals surface area contributed by atoms with Crippen LogP contribution in [0, 0.1) is 0 Å². The Balaban J connectivity index is 0.000000556. The van der Waals surface area contributed by atoms with E-state index < -0.39 is 5.97 Å². The first kappa shape index (κ1) is 25.5. The summed E-state index contributed by atoms with van der Waals surface area (Å²) in [6, 6.07) is 35.3. The van der Waals surface area contributed by atoms with E-state index in [1.54, 1.807) is 6.92 Å². The third-order valence-corrected chi connectivity index (χ3v) is 6.26. The van der Waals surface area contributed by atoms with Crippen molar-refractivity contribution in [3.05, 3.63) is 120 Å². The molecule has 1 heterocycles. The number of fused-ring (bicyclic) bond motifs is 1.